The van der Waals surface area contributed by atoms with E-state index in [1.165, 1.54) is 18.4 Å². The van der Waals surface area contributed by atoms with E-state index >= 15 is 0 Å². The van der Waals surface area contributed by atoms with Crippen molar-refractivity contribution in [1.82, 2.24) is 15.1 Å². The van der Waals surface area contributed by atoms with Crippen molar-refractivity contribution in [1.29, 1.82) is 0 Å². The zero-order valence-corrected chi connectivity index (χ0v) is 22.0. The summed E-state index contributed by atoms with van der Waals surface area (Å²) >= 11 is 0. The molecule has 2 N–H and O–H groups in total. The second-order valence-corrected chi connectivity index (χ2v) is 11.1. The molecule has 1 amide bonds. The van der Waals surface area contributed by atoms with Gasteiger partial charge in [0.05, 0.1) is 31.0 Å². The quantitative estimate of drug-likeness (QED) is 0.315. The number of rotatable bonds is 8. The molecule has 1 aromatic heterocycles. The molecule has 1 atom stereocenters. The summed E-state index contributed by atoms with van der Waals surface area (Å²) in [5.74, 6) is 1.47. The largest absolute Gasteiger partial charge is 0.490 e. The number of amides is 1. The van der Waals surface area contributed by atoms with Crippen molar-refractivity contribution < 1.29 is 14.3 Å². The molecule has 1 unspecified atom stereocenters. The minimum Gasteiger partial charge on any atom is -0.490 e. The van der Waals surface area contributed by atoms with Gasteiger partial charge in [-0.05, 0) is 67.5 Å². The number of piperidine rings is 1. The first-order valence-electron chi connectivity index (χ1n) is 14.1. The Kier molecular flexibility index (Phi) is 6.54. The van der Waals surface area contributed by atoms with Crippen LogP contribution in [0.25, 0.3) is 10.9 Å². The van der Waals surface area contributed by atoms with E-state index in [1.807, 2.05) is 30.3 Å². The van der Waals surface area contributed by atoms with E-state index in [1.54, 1.807) is 6.20 Å². The molecule has 1 aliphatic carbocycles. The first-order chi connectivity index (χ1) is 19.2. The van der Waals surface area contributed by atoms with Gasteiger partial charge in [-0.1, -0.05) is 36.4 Å². The van der Waals surface area contributed by atoms with Crippen LogP contribution in [0.4, 0.5) is 5.69 Å². The number of hydrogen-bond donors (Lipinski definition) is 2. The standard InChI is InChI=1S/C32H34N4O3/c37-32(23-11-12-27-24(17-23)18-33-35-27)34-28-7-4-8-29(39-26-13-15-36(16-14-26)25-19-38-20-25)31(28)30(22-9-10-22)21-5-2-1-3-6-21/h1-8,11-12,17-18,22,25-26,30H,9-10,13-16,19-20H2,(H,33,35)(H,34,37). The molecule has 200 valence electrons. The molecule has 7 nitrogen and oxygen atoms in total. The second-order valence-electron chi connectivity index (χ2n) is 11.1. The zero-order chi connectivity index (χ0) is 26.2. The number of ether oxygens (including phenoxy) is 2. The summed E-state index contributed by atoms with van der Waals surface area (Å²) in [6, 6.07) is 23.0. The third-order valence-corrected chi connectivity index (χ3v) is 8.49. The lowest BCUT2D eigenvalue weighted by molar-refractivity contribution is -0.0778. The predicted octanol–water partition coefficient (Wildman–Crippen LogP) is 5.60. The highest BCUT2D eigenvalue weighted by atomic mass is 16.5. The van der Waals surface area contributed by atoms with Gasteiger partial charge < -0.3 is 14.8 Å². The van der Waals surface area contributed by atoms with Gasteiger partial charge in [0, 0.05) is 41.2 Å². The minimum atomic E-state index is -0.130. The maximum atomic E-state index is 13.5. The van der Waals surface area contributed by atoms with E-state index in [-0.39, 0.29) is 17.9 Å². The molecule has 3 heterocycles. The Morgan fingerprint density at radius 2 is 1.82 bits per heavy atom. The second kappa shape index (κ2) is 10.5. The van der Waals surface area contributed by atoms with Gasteiger partial charge in [-0.2, -0.15) is 5.10 Å². The fraction of sp³-hybridized carbons (Fsp3) is 0.375. The van der Waals surface area contributed by atoms with Crippen molar-refractivity contribution in [3.05, 3.63) is 89.6 Å². The fourth-order valence-electron chi connectivity index (χ4n) is 6.09. The van der Waals surface area contributed by atoms with Gasteiger partial charge in [-0.15, -0.1) is 0 Å². The van der Waals surface area contributed by atoms with Crippen LogP contribution in [0.2, 0.25) is 0 Å². The minimum absolute atomic E-state index is 0.130. The smallest absolute Gasteiger partial charge is 0.255 e. The first kappa shape index (κ1) is 24.4. The molecular formula is C32H34N4O3. The van der Waals surface area contributed by atoms with E-state index in [0.717, 1.165) is 67.0 Å². The molecule has 39 heavy (non-hydrogen) atoms. The van der Waals surface area contributed by atoms with Gasteiger partial charge in [0.25, 0.3) is 5.91 Å². The van der Waals surface area contributed by atoms with Crippen LogP contribution in [-0.2, 0) is 4.74 Å². The highest BCUT2D eigenvalue weighted by molar-refractivity contribution is 6.06. The summed E-state index contributed by atoms with van der Waals surface area (Å²) in [6.07, 6.45) is 6.26. The third-order valence-electron chi connectivity index (χ3n) is 8.49. The molecule has 2 saturated heterocycles. The number of carbonyl (C=O) groups is 1. The molecule has 1 saturated carbocycles. The molecule has 3 fully saturated rings. The molecule has 0 spiro atoms. The topological polar surface area (TPSA) is 79.5 Å². The van der Waals surface area contributed by atoms with E-state index < -0.39 is 0 Å². The SMILES string of the molecule is O=C(Nc1cccc(OC2CCN(C3COC3)CC2)c1C(c1ccccc1)C1CC1)c1ccc2[nH]ncc2c1. The number of hydrogen-bond acceptors (Lipinski definition) is 5. The van der Waals surface area contributed by atoms with E-state index in [9.17, 15) is 4.79 Å². The number of likely N-dealkylation sites (tertiary alicyclic amines) is 1. The van der Waals surface area contributed by atoms with Gasteiger partial charge >= 0.3 is 0 Å². The summed E-state index contributed by atoms with van der Waals surface area (Å²) in [4.78, 5) is 16.0. The van der Waals surface area contributed by atoms with Crippen LogP contribution in [0.3, 0.4) is 0 Å². The number of aromatic amines is 1. The Morgan fingerprint density at radius 1 is 1.00 bits per heavy atom. The zero-order valence-electron chi connectivity index (χ0n) is 22.0. The van der Waals surface area contributed by atoms with Crippen molar-refractivity contribution in [3.8, 4) is 5.75 Å². The molecule has 3 aliphatic rings. The van der Waals surface area contributed by atoms with Crippen molar-refractivity contribution in [3.63, 3.8) is 0 Å². The van der Waals surface area contributed by atoms with Crippen LogP contribution in [0.15, 0.2) is 72.9 Å². The maximum absolute atomic E-state index is 13.5. The summed E-state index contributed by atoms with van der Waals surface area (Å²) in [6.45, 7) is 3.77. The van der Waals surface area contributed by atoms with E-state index in [0.29, 0.717) is 17.5 Å². The summed E-state index contributed by atoms with van der Waals surface area (Å²) in [5.41, 5.74) is 4.71. The molecule has 2 aliphatic heterocycles. The number of anilines is 1. The average Bonchev–Trinajstić information content (AvgIpc) is 3.66. The van der Waals surface area contributed by atoms with Crippen molar-refractivity contribution in [2.75, 3.05) is 31.6 Å². The number of nitrogens with one attached hydrogen (secondary N) is 2. The molecule has 7 rings (SSSR count). The van der Waals surface area contributed by atoms with E-state index in [4.69, 9.17) is 9.47 Å². The van der Waals surface area contributed by atoms with Crippen LogP contribution in [0.5, 0.6) is 5.75 Å². The monoisotopic (exact) mass is 522 g/mol. The summed E-state index contributed by atoms with van der Waals surface area (Å²) in [5, 5.41) is 11.2. The van der Waals surface area contributed by atoms with Gasteiger partial charge in [0.15, 0.2) is 0 Å². The number of nitrogens with zero attached hydrogens (tertiary/aromatic N) is 2. The van der Waals surface area contributed by atoms with Crippen LogP contribution >= 0.6 is 0 Å². The fourth-order valence-corrected chi connectivity index (χ4v) is 6.09. The van der Waals surface area contributed by atoms with Crippen LogP contribution < -0.4 is 10.1 Å². The lowest BCUT2D eigenvalue weighted by Crippen LogP contribution is -2.52. The van der Waals surface area contributed by atoms with Crippen LogP contribution in [0, 0.1) is 5.92 Å². The number of H-pyrrole nitrogens is 1. The number of carbonyl (C=O) groups excluding carboxylic acids is 1. The van der Waals surface area contributed by atoms with Crippen molar-refractivity contribution in [2.24, 2.45) is 5.92 Å². The molecular weight excluding hydrogens is 488 g/mol. The Labute approximate surface area is 228 Å². The Hall–Kier alpha value is -3.68. The average molecular weight is 523 g/mol. The molecule has 3 aromatic carbocycles. The number of benzene rings is 3. The molecule has 7 heteroatoms. The lowest BCUT2D eigenvalue weighted by Gasteiger charge is -2.41. The molecule has 0 bridgehead atoms. The van der Waals surface area contributed by atoms with Crippen molar-refractivity contribution in [2.45, 2.75) is 43.7 Å². The Bertz CT molecular complexity index is 1450. The van der Waals surface area contributed by atoms with Gasteiger partial charge in [-0.25, -0.2) is 0 Å². The number of fused-ring (bicyclic) bond motifs is 1. The maximum Gasteiger partial charge on any atom is 0.255 e. The van der Waals surface area contributed by atoms with Crippen molar-refractivity contribution >= 4 is 22.5 Å². The first-order valence-corrected chi connectivity index (χ1v) is 14.1. The highest BCUT2D eigenvalue weighted by Gasteiger charge is 2.38. The van der Waals surface area contributed by atoms with Gasteiger partial charge in [0.2, 0.25) is 0 Å². The third kappa shape index (κ3) is 5.04. The number of aromatic nitrogens is 2. The van der Waals surface area contributed by atoms with E-state index in [2.05, 4.69) is 56.8 Å². The lowest BCUT2D eigenvalue weighted by atomic mass is 9.85. The highest BCUT2D eigenvalue weighted by Crippen LogP contribution is 2.51. The predicted molar refractivity (Wildman–Crippen MR) is 151 cm³/mol. The molecule has 0 radical (unpaired) electrons. The summed E-state index contributed by atoms with van der Waals surface area (Å²) in [7, 11) is 0. The molecule has 4 aromatic rings. The van der Waals surface area contributed by atoms with Gasteiger partial charge in [0.1, 0.15) is 11.9 Å². The normalized spacial score (nSPS) is 19.5. The van der Waals surface area contributed by atoms with Crippen LogP contribution in [0.1, 0.15) is 53.1 Å². The summed E-state index contributed by atoms with van der Waals surface area (Å²) < 4.78 is 12.2. The Balaban J connectivity index is 1.20. The Morgan fingerprint density at radius 3 is 2.56 bits per heavy atom. The van der Waals surface area contributed by atoms with Crippen LogP contribution in [-0.4, -0.2) is 59.5 Å². The van der Waals surface area contributed by atoms with Gasteiger partial charge in [-0.3, -0.25) is 14.8 Å².